The Morgan fingerprint density at radius 2 is 0.674 bits per heavy atom. The van der Waals surface area contributed by atoms with Crippen molar-refractivity contribution in [1.29, 1.82) is 10.5 Å². The first-order chi connectivity index (χ1) is 22.7. The Hall–Kier alpha value is -6.48. The van der Waals surface area contributed by atoms with Gasteiger partial charge >= 0.3 is 0 Å². The van der Waals surface area contributed by atoms with E-state index in [1.165, 1.54) is 11.1 Å². The van der Waals surface area contributed by atoms with Gasteiger partial charge in [-0.3, -0.25) is 0 Å². The van der Waals surface area contributed by atoms with Gasteiger partial charge in [0.15, 0.2) is 0 Å². The van der Waals surface area contributed by atoms with Crippen molar-refractivity contribution in [2.45, 2.75) is 0 Å². The van der Waals surface area contributed by atoms with Crippen LogP contribution in [0, 0.1) is 22.7 Å². The summed E-state index contributed by atoms with van der Waals surface area (Å²) in [6.07, 6.45) is 0. The monoisotopic (exact) mass is 584 g/mol. The highest BCUT2D eigenvalue weighted by Crippen LogP contribution is 2.35. The molecule has 2 nitrogen and oxygen atoms in total. The average Bonchev–Trinajstić information content (AvgIpc) is 3.15. The van der Waals surface area contributed by atoms with Crippen molar-refractivity contribution in [3.63, 3.8) is 0 Å². The predicted octanol–water partition coefficient (Wildman–Crippen LogP) is 11.4. The van der Waals surface area contributed by atoms with Gasteiger partial charge in [0.25, 0.3) is 0 Å². The van der Waals surface area contributed by atoms with Crippen LogP contribution in [-0.4, -0.2) is 0 Å². The molecule has 0 aliphatic heterocycles. The largest absolute Gasteiger partial charge is 0.192 e. The van der Waals surface area contributed by atoms with Crippen LogP contribution in [0.4, 0.5) is 0 Å². The SMILES string of the molecule is N#Cc1cc(-c2ccccc2)cc(-c2cccc(-c3ccc(-c4cccc(-c5cccc(-c6ccccc6)c5)c4)c(C#N)c3)c2)c1. The zero-order valence-corrected chi connectivity index (χ0v) is 25.1. The molecule has 0 fully saturated rings. The normalized spacial score (nSPS) is 10.6. The fourth-order valence-corrected chi connectivity index (χ4v) is 5.98. The molecule has 0 bridgehead atoms. The summed E-state index contributed by atoms with van der Waals surface area (Å²) in [5, 5.41) is 20.0. The van der Waals surface area contributed by atoms with Crippen LogP contribution in [0.2, 0.25) is 0 Å². The average molecular weight is 585 g/mol. The molecule has 0 unspecified atom stereocenters. The number of benzene rings is 7. The highest BCUT2D eigenvalue weighted by molar-refractivity contribution is 5.83. The Balaban J connectivity index is 1.22. The minimum atomic E-state index is 0.617. The van der Waals surface area contributed by atoms with E-state index in [1.54, 1.807) is 0 Å². The molecule has 214 valence electrons. The summed E-state index contributed by atoms with van der Waals surface area (Å²) in [5.41, 5.74) is 13.8. The second-order valence-electron chi connectivity index (χ2n) is 11.3. The molecule has 0 heterocycles. The summed E-state index contributed by atoms with van der Waals surface area (Å²) in [5.74, 6) is 0. The van der Waals surface area contributed by atoms with Gasteiger partial charge < -0.3 is 0 Å². The molecule has 0 N–H and O–H groups in total. The van der Waals surface area contributed by atoms with Crippen LogP contribution in [0.1, 0.15) is 11.1 Å². The molecule has 46 heavy (non-hydrogen) atoms. The van der Waals surface area contributed by atoms with Gasteiger partial charge in [0.2, 0.25) is 0 Å². The molecule has 2 heteroatoms. The first-order valence-corrected chi connectivity index (χ1v) is 15.2. The highest BCUT2D eigenvalue weighted by atomic mass is 14.3. The lowest BCUT2D eigenvalue weighted by molar-refractivity contribution is 1.47. The molecule has 0 saturated carbocycles. The number of hydrogen-bond donors (Lipinski definition) is 0. The topological polar surface area (TPSA) is 47.6 Å². The van der Waals surface area contributed by atoms with Crippen molar-refractivity contribution in [1.82, 2.24) is 0 Å². The van der Waals surface area contributed by atoms with Gasteiger partial charge in [0, 0.05) is 0 Å². The lowest BCUT2D eigenvalue weighted by Crippen LogP contribution is -1.89. The van der Waals surface area contributed by atoms with E-state index in [0.717, 1.165) is 55.6 Å². The van der Waals surface area contributed by atoms with E-state index in [0.29, 0.717) is 11.1 Å². The van der Waals surface area contributed by atoms with Gasteiger partial charge in [-0.15, -0.1) is 0 Å². The fraction of sp³-hybridized carbons (Fsp3) is 0. The van der Waals surface area contributed by atoms with E-state index in [9.17, 15) is 10.5 Å². The minimum absolute atomic E-state index is 0.617. The zero-order valence-electron chi connectivity index (χ0n) is 25.1. The molecule has 7 rings (SSSR count). The standard InChI is InChI=1S/C44H28N2/c45-29-31-22-41(33-12-5-2-6-13-33)28-42(23-31)38-18-8-16-36(25-38)39-20-21-44(43(27-39)30-46)40-19-9-17-37(26-40)35-15-7-14-34(24-35)32-10-3-1-4-11-32/h1-28H. The molecule has 7 aromatic rings. The summed E-state index contributed by atoms with van der Waals surface area (Å²) in [6, 6.07) is 62.6. The van der Waals surface area contributed by atoms with E-state index in [2.05, 4.69) is 127 Å². The molecule has 0 aromatic heterocycles. The quantitative estimate of drug-likeness (QED) is 0.195. The molecule has 7 aromatic carbocycles. The second kappa shape index (κ2) is 12.6. The maximum Gasteiger partial charge on any atom is 0.0998 e. The maximum atomic E-state index is 10.2. The predicted molar refractivity (Wildman–Crippen MR) is 188 cm³/mol. The van der Waals surface area contributed by atoms with Crippen LogP contribution >= 0.6 is 0 Å². The second-order valence-corrected chi connectivity index (χ2v) is 11.3. The molecular formula is C44H28N2. The van der Waals surface area contributed by atoms with E-state index < -0.39 is 0 Å². The summed E-state index contributed by atoms with van der Waals surface area (Å²) in [4.78, 5) is 0. The lowest BCUT2D eigenvalue weighted by atomic mass is 9.91. The summed E-state index contributed by atoms with van der Waals surface area (Å²) in [6.45, 7) is 0. The smallest absolute Gasteiger partial charge is 0.0998 e. The van der Waals surface area contributed by atoms with Crippen LogP contribution in [0.5, 0.6) is 0 Å². The van der Waals surface area contributed by atoms with Crippen LogP contribution < -0.4 is 0 Å². The van der Waals surface area contributed by atoms with E-state index in [4.69, 9.17) is 0 Å². The van der Waals surface area contributed by atoms with Crippen LogP contribution in [0.15, 0.2) is 170 Å². The van der Waals surface area contributed by atoms with Gasteiger partial charge in [-0.05, 0) is 109 Å². The van der Waals surface area contributed by atoms with Crippen molar-refractivity contribution in [3.05, 3.63) is 181 Å². The van der Waals surface area contributed by atoms with E-state index in [-0.39, 0.29) is 0 Å². The lowest BCUT2D eigenvalue weighted by Gasteiger charge is -2.12. The van der Waals surface area contributed by atoms with Gasteiger partial charge in [-0.1, -0.05) is 127 Å². The van der Waals surface area contributed by atoms with Crippen molar-refractivity contribution >= 4 is 0 Å². The Morgan fingerprint density at radius 3 is 1.22 bits per heavy atom. The third-order valence-electron chi connectivity index (χ3n) is 8.32. The van der Waals surface area contributed by atoms with Gasteiger partial charge in [0.05, 0.1) is 23.3 Å². The molecule has 0 atom stereocenters. The van der Waals surface area contributed by atoms with Crippen molar-refractivity contribution in [3.8, 4) is 78.9 Å². The number of hydrogen-bond acceptors (Lipinski definition) is 2. The third-order valence-corrected chi connectivity index (χ3v) is 8.32. The summed E-state index contributed by atoms with van der Waals surface area (Å²) >= 11 is 0. The van der Waals surface area contributed by atoms with E-state index in [1.807, 2.05) is 54.6 Å². The first kappa shape index (κ1) is 28.3. The van der Waals surface area contributed by atoms with E-state index >= 15 is 0 Å². The highest BCUT2D eigenvalue weighted by Gasteiger charge is 2.11. The van der Waals surface area contributed by atoms with Gasteiger partial charge in [-0.25, -0.2) is 0 Å². The van der Waals surface area contributed by atoms with Crippen LogP contribution in [0.25, 0.3) is 66.8 Å². The van der Waals surface area contributed by atoms with Crippen molar-refractivity contribution in [2.75, 3.05) is 0 Å². The molecule has 0 aliphatic carbocycles. The Kier molecular flexibility index (Phi) is 7.77. The molecule has 0 amide bonds. The molecule has 0 radical (unpaired) electrons. The number of rotatable bonds is 6. The molecular weight excluding hydrogens is 556 g/mol. The molecule has 0 saturated heterocycles. The van der Waals surface area contributed by atoms with Crippen LogP contribution in [-0.2, 0) is 0 Å². The Labute approximate surface area is 269 Å². The van der Waals surface area contributed by atoms with Gasteiger partial charge in [-0.2, -0.15) is 10.5 Å². The number of nitriles is 2. The first-order valence-electron chi connectivity index (χ1n) is 15.2. The van der Waals surface area contributed by atoms with Crippen LogP contribution in [0.3, 0.4) is 0 Å². The van der Waals surface area contributed by atoms with Crippen molar-refractivity contribution in [2.24, 2.45) is 0 Å². The number of nitrogens with zero attached hydrogens (tertiary/aromatic N) is 2. The fourth-order valence-electron chi connectivity index (χ4n) is 5.98. The Bertz CT molecular complexity index is 2270. The van der Waals surface area contributed by atoms with Crippen molar-refractivity contribution < 1.29 is 0 Å². The zero-order chi connectivity index (χ0) is 31.3. The molecule has 0 aliphatic rings. The molecule has 0 spiro atoms. The maximum absolute atomic E-state index is 10.2. The summed E-state index contributed by atoms with van der Waals surface area (Å²) < 4.78 is 0. The minimum Gasteiger partial charge on any atom is -0.192 e. The third kappa shape index (κ3) is 5.85. The van der Waals surface area contributed by atoms with Gasteiger partial charge in [0.1, 0.15) is 0 Å². The summed E-state index contributed by atoms with van der Waals surface area (Å²) in [7, 11) is 0. The Morgan fingerprint density at radius 1 is 0.283 bits per heavy atom.